The lowest BCUT2D eigenvalue weighted by Crippen LogP contribution is -2.52. The number of nitrogens with one attached hydrogen (secondary N) is 1. The Hall–Kier alpha value is -1.56. The molecule has 0 unspecified atom stereocenters. The SMILES string of the molecule is Cc1cc(C)cc(N([C@@H](C)C(=O)NC(C(C)C)C(C)C)S(C)(=O)=O)c1. The number of carbonyl (C=O) groups excluding carboxylic acids is 1. The minimum atomic E-state index is -3.60. The molecule has 0 spiro atoms. The van der Waals surface area contributed by atoms with Crippen molar-refractivity contribution in [1.82, 2.24) is 5.32 Å². The van der Waals surface area contributed by atoms with Crippen molar-refractivity contribution in [1.29, 1.82) is 0 Å². The zero-order valence-electron chi connectivity index (χ0n) is 16.6. The van der Waals surface area contributed by atoms with Crippen LogP contribution < -0.4 is 9.62 Å². The fourth-order valence-corrected chi connectivity index (χ4v) is 4.43. The Labute approximate surface area is 152 Å². The summed E-state index contributed by atoms with van der Waals surface area (Å²) >= 11 is 0. The summed E-state index contributed by atoms with van der Waals surface area (Å²) in [6, 6.07) is 4.73. The van der Waals surface area contributed by atoms with Crippen LogP contribution in [-0.4, -0.2) is 32.7 Å². The molecule has 0 fully saturated rings. The lowest BCUT2D eigenvalue weighted by molar-refractivity contribution is -0.123. The molecule has 0 radical (unpaired) electrons. The summed E-state index contributed by atoms with van der Waals surface area (Å²) in [5.41, 5.74) is 2.44. The molecule has 1 aromatic carbocycles. The molecular formula is C19H32N2O3S. The Bertz CT molecular complexity index is 683. The summed E-state index contributed by atoms with van der Waals surface area (Å²) in [7, 11) is -3.60. The zero-order chi connectivity index (χ0) is 19.5. The van der Waals surface area contributed by atoms with Gasteiger partial charge in [-0.15, -0.1) is 0 Å². The summed E-state index contributed by atoms with van der Waals surface area (Å²) < 4.78 is 26.0. The standard InChI is InChI=1S/C19H32N2O3S/c1-12(2)18(13(3)4)20-19(22)16(7)21(25(8,23)24)17-10-14(5)9-15(6)11-17/h9-13,16,18H,1-8H3,(H,20,22)/t16-/m0/s1. The van der Waals surface area contributed by atoms with E-state index in [0.717, 1.165) is 17.4 Å². The van der Waals surface area contributed by atoms with Crippen molar-refractivity contribution in [2.45, 2.75) is 60.5 Å². The van der Waals surface area contributed by atoms with E-state index >= 15 is 0 Å². The molecule has 0 aromatic heterocycles. The third-order valence-electron chi connectivity index (χ3n) is 4.29. The maximum atomic E-state index is 12.8. The summed E-state index contributed by atoms with van der Waals surface area (Å²) in [6.07, 6.45) is 1.14. The number of anilines is 1. The molecular weight excluding hydrogens is 336 g/mol. The van der Waals surface area contributed by atoms with Gasteiger partial charge < -0.3 is 5.32 Å². The number of carbonyl (C=O) groups is 1. The minimum Gasteiger partial charge on any atom is -0.351 e. The van der Waals surface area contributed by atoms with Crippen LogP contribution in [0.15, 0.2) is 18.2 Å². The van der Waals surface area contributed by atoms with Gasteiger partial charge in [-0.1, -0.05) is 33.8 Å². The predicted octanol–water partition coefficient (Wildman–Crippen LogP) is 3.25. The van der Waals surface area contributed by atoms with Gasteiger partial charge in [0.1, 0.15) is 6.04 Å². The first-order chi connectivity index (χ1) is 11.3. The summed E-state index contributed by atoms with van der Waals surface area (Å²) in [5, 5.41) is 3.02. The maximum absolute atomic E-state index is 12.8. The molecule has 0 aliphatic heterocycles. The quantitative estimate of drug-likeness (QED) is 0.803. The van der Waals surface area contributed by atoms with Gasteiger partial charge in [-0.3, -0.25) is 9.10 Å². The summed E-state index contributed by atoms with van der Waals surface area (Å²) in [4.78, 5) is 12.8. The topological polar surface area (TPSA) is 66.5 Å². The molecule has 1 amide bonds. The van der Waals surface area contributed by atoms with E-state index < -0.39 is 16.1 Å². The van der Waals surface area contributed by atoms with Crippen LogP contribution in [0.25, 0.3) is 0 Å². The summed E-state index contributed by atoms with van der Waals surface area (Å²) in [6.45, 7) is 13.7. The van der Waals surface area contributed by atoms with Gasteiger partial charge in [-0.05, 0) is 55.9 Å². The van der Waals surface area contributed by atoms with Gasteiger partial charge in [0.15, 0.2) is 0 Å². The van der Waals surface area contributed by atoms with E-state index in [1.807, 2.05) is 47.6 Å². The fourth-order valence-electron chi connectivity index (χ4n) is 3.27. The molecule has 1 N–H and O–H groups in total. The van der Waals surface area contributed by atoms with Crippen molar-refractivity contribution >= 4 is 21.6 Å². The number of amides is 1. The molecule has 6 heteroatoms. The maximum Gasteiger partial charge on any atom is 0.243 e. The zero-order valence-corrected chi connectivity index (χ0v) is 17.4. The molecule has 0 heterocycles. The first kappa shape index (κ1) is 21.5. The number of sulfonamides is 1. The van der Waals surface area contributed by atoms with E-state index in [4.69, 9.17) is 0 Å². The second-order valence-electron chi connectivity index (χ2n) is 7.60. The number of benzene rings is 1. The number of hydrogen-bond donors (Lipinski definition) is 1. The molecule has 0 saturated carbocycles. The highest BCUT2D eigenvalue weighted by Gasteiger charge is 2.31. The highest BCUT2D eigenvalue weighted by Crippen LogP contribution is 2.24. The second kappa shape index (κ2) is 8.21. The minimum absolute atomic E-state index is 0.00407. The van der Waals surface area contributed by atoms with Crippen LogP contribution in [-0.2, 0) is 14.8 Å². The van der Waals surface area contributed by atoms with Crippen LogP contribution in [0.3, 0.4) is 0 Å². The first-order valence-corrected chi connectivity index (χ1v) is 10.6. The Morgan fingerprint density at radius 2 is 1.40 bits per heavy atom. The average Bonchev–Trinajstić information content (AvgIpc) is 2.40. The van der Waals surface area contributed by atoms with Crippen molar-refractivity contribution in [3.8, 4) is 0 Å². The van der Waals surface area contributed by atoms with Crippen LogP contribution in [0.2, 0.25) is 0 Å². The predicted molar refractivity (Wildman–Crippen MR) is 104 cm³/mol. The highest BCUT2D eigenvalue weighted by atomic mass is 32.2. The van der Waals surface area contributed by atoms with Gasteiger partial charge in [-0.2, -0.15) is 0 Å². The van der Waals surface area contributed by atoms with Gasteiger partial charge >= 0.3 is 0 Å². The van der Waals surface area contributed by atoms with E-state index in [1.54, 1.807) is 19.1 Å². The first-order valence-electron chi connectivity index (χ1n) is 8.72. The number of hydrogen-bond acceptors (Lipinski definition) is 3. The van der Waals surface area contributed by atoms with Crippen LogP contribution in [0.5, 0.6) is 0 Å². The number of nitrogens with zero attached hydrogens (tertiary/aromatic N) is 1. The van der Waals surface area contributed by atoms with Gasteiger partial charge in [0.25, 0.3) is 0 Å². The van der Waals surface area contributed by atoms with Crippen molar-refractivity contribution in [3.05, 3.63) is 29.3 Å². The molecule has 142 valence electrons. The Kier molecular flexibility index (Phi) is 7.06. The van der Waals surface area contributed by atoms with Crippen molar-refractivity contribution in [3.63, 3.8) is 0 Å². The van der Waals surface area contributed by atoms with Crippen LogP contribution in [0.1, 0.15) is 45.7 Å². The van der Waals surface area contributed by atoms with Gasteiger partial charge in [0.2, 0.25) is 15.9 Å². The number of aryl methyl sites for hydroxylation is 2. The monoisotopic (exact) mass is 368 g/mol. The highest BCUT2D eigenvalue weighted by molar-refractivity contribution is 7.92. The van der Waals surface area contributed by atoms with Crippen molar-refractivity contribution < 1.29 is 13.2 Å². The molecule has 25 heavy (non-hydrogen) atoms. The van der Waals surface area contributed by atoms with Crippen LogP contribution in [0.4, 0.5) is 5.69 Å². The van der Waals surface area contributed by atoms with E-state index in [1.165, 1.54) is 4.31 Å². The third kappa shape index (κ3) is 5.73. The molecule has 0 aliphatic carbocycles. The lowest BCUT2D eigenvalue weighted by atomic mass is 9.93. The Balaban J connectivity index is 3.22. The van der Waals surface area contributed by atoms with Crippen LogP contribution >= 0.6 is 0 Å². The van der Waals surface area contributed by atoms with Crippen LogP contribution in [0, 0.1) is 25.7 Å². The molecule has 1 aromatic rings. The van der Waals surface area contributed by atoms with E-state index in [-0.39, 0.29) is 23.8 Å². The van der Waals surface area contributed by atoms with Crippen molar-refractivity contribution in [2.24, 2.45) is 11.8 Å². The van der Waals surface area contributed by atoms with Gasteiger partial charge in [0.05, 0.1) is 11.9 Å². The summed E-state index contributed by atoms with van der Waals surface area (Å²) in [5.74, 6) is 0.255. The second-order valence-corrected chi connectivity index (χ2v) is 9.46. The fraction of sp³-hybridized carbons (Fsp3) is 0.632. The third-order valence-corrected chi connectivity index (χ3v) is 5.54. The largest absolute Gasteiger partial charge is 0.351 e. The number of rotatable bonds is 7. The van der Waals surface area contributed by atoms with Crippen molar-refractivity contribution in [2.75, 3.05) is 10.6 Å². The molecule has 1 rings (SSSR count). The molecule has 1 atom stereocenters. The molecule has 0 aliphatic rings. The van der Waals surface area contributed by atoms with Gasteiger partial charge in [-0.25, -0.2) is 8.42 Å². The molecule has 0 saturated heterocycles. The Morgan fingerprint density at radius 1 is 0.960 bits per heavy atom. The lowest BCUT2D eigenvalue weighted by Gasteiger charge is -2.32. The van der Waals surface area contributed by atoms with E-state index in [2.05, 4.69) is 5.32 Å². The van der Waals surface area contributed by atoms with E-state index in [9.17, 15) is 13.2 Å². The normalized spacial score (nSPS) is 13.4. The molecule has 0 bridgehead atoms. The van der Waals surface area contributed by atoms with Gasteiger partial charge in [0, 0.05) is 6.04 Å². The average molecular weight is 369 g/mol. The van der Waals surface area contributed by atoms with E-state index in [0.29, 0.717) is 5.69 Å². The smallest absolute Gasteiger partial charge is 0.243 e. The Morgan fingerprint density at radius 3 is 1.76 bits per heavy atom. The molecule has 5 nitrogen and oxygen atoms in total.